The highest BCUT2D eigenvalue weighted by atomic mass is 16.5. The van der Waals surface area contributed by atoms with Gasteiger partial charge in [-0.2, -0.15) is 0 Å². The van der Waals surface area contributed by atoms with E-state index in [9.17, 15) is 0 Å². The molecule has 0 aliphatic carbocycles. The van der Waals surface area contributed by atoms with Crippen LogP contribution in [0, 0.1) is 5.92 Å². The zero-order valence-corrected chi connectivity index (χ0v) is 11.5. The van der Waals surface area contributed by atoms with Crippen LogP contribution in [0.15, 0.2) is 24.3 Å². The van der Waals surface area contributed by atoms with E-state index in [1.807, 2.05) is 7.05 Å². The lowest BCUT2D eigenvalue weighted by Crippen LogP contribution is -2.36. The van der Waals surface area contributed by atoms with Crippen molar-refractivity contribution >= 4 is 0 Å². The highest BCUT2D eigenvalue weighted by molar-refractivity contribution is 5.27. The number of hydrogen-bond donors (Lipinski definition) is 1. The monoisotopic (exact) mass is 235 g/mol. The summed E-state index contributed by atoms with van der Waals surface area (Å²) >= 11 is 0. The molecule has 17 heavy (non-hydrogen) atoms. The lowest BCUT2D eigenvalue weighted by molar-refractivity contribution is 0.238. The molecule has 0 fully saturated rings. The van der Waals surface area contributed by atoms with E-state index in [1.54, 1.807) is 0 Å². The van der Waals surface area contributed by atoms with Crippen LogP contribution in [0.4, 0.5) is 0 Å². The molecule has 2 nitrogen and oxygen atoms in total. The predicted molar refractivity (Wildman–Crippen MR) is 73.6 cm³/mol. The predicted octanol–water partition coefficient (Wildman–Crippen LogP) is 3.26. The standard InChI is InChI=1S/C15H25NO/c1-5-6-13-7-9-14(10-8-13)17-11-15(16-4)12(2)3/h7-10,12,15-16H,5-6,11H2,1-4H3. The van der Waals surface area contributed by atoms with Gasteiger partial charge in [0.05, 0.1) is 0 Å². The second-order valence-electron chi connectivity index (χ2n) is 4.84. The number of ether oxygens (including phenoxy) is 1. The van der Waals surface area contributed by atoms with Crippen molar-refractivity contribution in [3.8, 4) is 5.75 Å². The van der Waals surface area contributed by atoms with Crippen molar-refractivity contribution in [2.24, 2.45) is 5.92 Å². The molecular formula is C15H25NO. The molecule has 1 rings (SSSR count). The third kappa shape index (κ3) is 4.78. The Morgan fingerprint density at radius 3 is 2.29 bits per heavy atom. The Labute approximate surface area is 105 Å². The minimum Gasteiger partial charge on any atom is -0.492 e. The second-order valence-corrected chi connectivity index (χ2v) is 4.84. The first-order chi connectivity index (χ1) is 8.17. The average molecular weight is 235 g/mol. The molecule has 0 aliphatic rings. The van der Waals surface area contributed by atoms with Crippen LogP contribution < -0.4 is 10.1 Å². The Morgan fingerprint density at radius 2 is 1.82 bits per heavy atom. The first-order valence-corrected chi connectivity index (χ1v) is 6.56. The van der Waals surface area contributed by atoms with Crippen LogP contribution in [0.2, 0.25) is 0 Å². The fourth-order valence-electron chi connectivity index (χ4n) is 1.84. The second kappa shape index (κ2) is 7.33. The molecule has 0 radical (unpaired) electrons. The van der Waals surface area contributed by atoms with Gasteiger partial charge in [0, 0.05) is 6.04 Å². The smallest absolute Gasteiger partial charge is 0.119 e. The van der Waals surface area contributed by atoms with Gasteiger partial charge in [0.1, 0.15) is 12.4 Å². The van der Waals surface area contributed by atoms with Crippen molar-refractivity contribution in [1.82, 2.24) is 5.32 Å². The summed E-state index contributed by atoms with van der Waals surface area (Å²) in [6.45, 7) is 7.33. The van der Waals surface area contributed by atoms with Gasteiger partial charge in [-0.3, -0.25) is 0 Å². The van der Waals surface area contributed by atoms with Gasteiger partial charge >= 0.3 is 0 Å². The number of rotatable bonds is 7. The summed E-state index contributed by atoms with van der Waals surface area (Å²) in [5.74, 6) is 1.55. The molecule has 0 aliphatic heterocycles. The van der Waals surface area contributed by atoms with Gasteiger partial charge in [0.2, 0.25) is 0 Å². The summed E-state index contributed by atoms with van der Waals surface area (Å²) < 4.78 is 5.79. The Hall–Kier alpha value is -1.02. The van der Waals surface area contributed by atoms with Gasteiger partial charge in [0.15, 0.2) is 0 Å². The summed E-state index contributed by atoms with van der Waals surface area (Å²) in [5, 5.41) is 3.28. The van der Waals surface area contributed by atoms with Crippen LogP contribution in [-0.2, 0) is 6.42 Å². The summed E-state index contributed by atoms with van der Waals surface area (Å²) in [6, 6.07) is 8.85. The molecule has 0 spiro atoms. The number of benzene rings is 1. The maximum atomic E-state index is 5.79. The van der Waals surface area contributed by atoms with Crippen LogP contribution in [0.25, 0.3) is 0 Å². The lowest BCUT2D eigenvalue weighted by atomic mass is 10.1. The van der Waals surface area contributed by atoms with E-state index in [1.165, 1.54) is 12.0 Å². The van der Waals surface area contributed by atoms with E-state index < -0.39 is 0 Å². The molecule has 96 valence electrons. The molecule has 1 N–H and O–H groups in total. The first-order valence-electron chi connectivity index (χ1n) is 6.56. The summed E-state index contributed by atoms with van der Waals surface area (Å²) in [7, 11) is 1.98. The van der Waals surface area contributed by atoms with Crippen LogP contribution >= 0.6 is 0 Å². The zero-order chi connectivity index (χ0) is 12.7. The van der Waals surface area contributed by atoms with Gasteiger partial charge in [-0.25, -0.2) is 0 Å². The van der Waals surface area contributed by atoms with Crippen LogP contribution in [0.1, 0.15) is 32.8 Å². The van der Waals surface area contributed by atoms with E-state index in [4.69, 9.17) is 4.74 Å². The van der Waals surface area contributed by atoms with Crippen molar-refractivity contribution in [2.45, 2.75) is 39.7 Å². The number of hydrogen-bond acceptors (Lipinski definition) is 2. The van der Waals surface area contributed by atoms with Crippen molar-refractivity contribution in [1.29, 1.82) is 0 Å². The summed E-state index contributed by atoms with van der Waals surface area (Å²) in [6.07, 6.45) is 2.33. The lowest BCUT2D eigenvalue weighted by Gasteiger charge is -2.20. The molecule has 1 unspecified atom stereocenters. The molecule has 1 aromatic carbocycles. The number of likely N-dealkylation sites (N-methyl/N-ethyl adjacent to an activating group) is 1. The molecular weight excluding hydrogens is 210 g/mol. The Bertz CT molecular complexity index is 305. The quantitative estimate of drug-likeness (QED) is 0.783. The molecule has 0 saturated heterocycles. The van der Waals surface area contributed by atoms with E-state index in [0.717, 1.165) is 18.8 Å². The van der Waals surface area contributed by atoms with Crippen LogP contribution in [-0.4, -0.2) is 19.7 Å². The van der Waals surface area contributed by atoms with Gasteiger partial charge < -0.3 is 10.1 Å². The van der Waals surface area contributed by atoms with Crippen LogP contribution in [0.3, 0.4) is 0 Å². The van der Waals surface area contributed by atoms with E-state index in [-0.39, 0.29) is 0 Å². The van der Waals surface area contributed by atoms with Gasteiger partial charge in [-0.05, 0) is 37.1 Å². The topological polar surface area (TPSA) is 21.3 Å². The Morgan fingerprint density at radius 1 is 1.18 bits per heavy atom. The molecule has 0 aromatic heterocycles. The molecule has 0 bridgehead atoms. The minimum atomic E-state index is 0.408. The largest absolute Gasteiger partial charge is 0.492 e. The zero-order valence-electron chi connectivity index (χ0n) is 11.5. The number of aryl methyl sites for hydroxylation is 1. The molecule has 2 heteroatoms. The molecule has 0 saturated carbocycles. The third-order valence-electron chi connectivity index (χ3n) is 3.07. The Balaban J connectivity index is 2.46. The SMILES string of the molecule is CCCc1ccc(OCC(NC)C(C)C)cc1. The van der Waals surface area contributed by atoms with Crippen molar-refractivity contribution in [3.63, 3.8) is 0 Å². The first kappa shape index (κ1) is 14.0. The van der Waals surface area contributed by atoms with Gasteiger partial charge in [-0.1, -0.05) is 39.3 Å². The fourth-order valence-corrected chi connectivity index (χ4v) is 1.84. The highest BCUT2D eigenvalue weighted by Gasteiger charge is 2.11. The van der Waals surface area contributed by atoms with Crippen LogP contribution in [0.5, 0.6) is 5.75 Å². The average Bonchev–Trinajstić information content (AvgIpc) is 2.32. The molecule has 1 atom stereocenters. The van der Waals surface area contributed by atoms with E-state index >= 15 is 0 Å². The van der Waals surface area contributed by atoms with Gasteiger partial charge in [0.25, 0.3) is 0 Å². The molecule has 0 heterocycles. The maximum Gasteiger partial charge on any atom is 0.119 e. The third-order valence-corrected chi connectivity index (χ3v) is 3.07. The molecule has 0 amide bonds. The van der Waals surface area contributed by atoms with Gasteiger partial charge in [-0.15, -0.1) is 0 Å². The molecule has 1 aromatic rings. The number of nitrogens with one attached hydrogen (secondary N) is 1. The Kier molecular flexibility index (Phi) is 6.06. The summed E-state index contributed by atoms with van der Waals surface area (Å²) in [5.41, 5.74) is 1.38. The van der Waals surface area contributed by atoms with Crippen molar-refractivity contribution in [2.75, 3.05) is 13.7 Å². The maximum absolute atomic E-state index is 5.79. The summed E-state index contributed by atoms with van der Waals surface area (Å²) in [4.78, 5) is 0. The normalized spacial score (nSPS) is 12.8. The van der Waals surface area contributed by atoms with Crippen molar-refractivity contribution in [3.05, 3.63) is 29.8 Å². The fraction of sp³-hybridized carbons (Fsp3) is 0.600. The van der Waals surface area contributed by atoms with Crippen molar-refractivity contribution < 1.29 is 4.74 Å². The van der Waals surface area contributed by atoms with E-state index in [2.05, 4.69) is 50.4 Å². The van der Waals surface area contributed by atoms with E-state index in [0.29, 0.717) is 12.0 Å². The highest BCUT2D eigenvalue weighted by Crippen LogP contribution is 2.14. The minimum absolute atomic E-state index is 0.408.